The molecule has 0 unspecified atom stereocenters. The predicted molar refractivity (Wildman–Crippen MR) is 78.6 cm³/mol. The smallest absolute Gasteiger partial charge is 0.324 e. The Kier molecular flexibility index (Phi) is 5.85. The molecular formula is C14H22N4O. The molecular weight excluding hydrogens is 240 g/mol. The van der Waals surface area contributed by atoms with Gasteiger partial charge in [0.1, 0.15) is 0 Å². The Hall–Kier alpha value is -2.04. The van der Waals surface area contributed by atoms with E-state index < -0.39 is 0 Å². The average molecular weight is 262 g/mol. The zero-order valence-electron chi connectivity index (χ0n) is 11.6. The van der Waals surface area contributed by atoms with Crippen LogP contribution >= 0.6 is 0 Å². The van der Waals surface area contributed by atoms with Crippen LogP contribution in [0.25, 0.3) is 0 Å². The van der Waals surface area contributed by atoms with Gasteiger partial charge in [0.05, 0.1) is 5.84 Å². The first kappa shape index (κ1) is 15.0. The summed E-state index contributed by atoms with van der Waals surface area (Å²) in [6, 6.07) is 9.44. The number of para-hydroxylation sites is 1. The lowest BCUT2D eigenvalue weighted by Crippen LogP contribution is -2.44. The highest BCUT2D eigenvalue weighted by Crippen LogP contribution is 2.16. The van der Waals surface area contributed by atoms with Gasteiger partial charge in [-0.05, 0) is 26.0 Å². The molecule has 104 valence electrons. The number of hydrogen-bond acceptors (Lipinski definition) is 2. The number of carbonyl (C=O) groups excluding carboxylic acids is 1. The molecule has 0 bridgehead atoms. The van der Waals surface area contributed by atoms with E-state index in [1.807, 2.05) is 44.2 Å². The van der Waals surface area contributed by atoms with Crippen LogP contribution in [0.2, 0.25) is 0 Å². The Morgan fingerprint density at radius 3 is 2.26 bits per heavy atom. The zero-order chi connectivity index (χ0) is 14.3. The summed E-state index contributed by atoms with van der Waals surface area (Å²) >= 11 is 0. The number of urea groups is 1. The second kappa shape index (κ2) is 7.41. The highest BCUT2D eigenvalue weighted by molar-refractivity contribution is 5.92. The number of amides is 2. The number of benzene rings is 1. The molecule has 3 N–H and O–H groups in total. The van der Waals surface area contributed by atoms with Gasteiger partial charge in [0.2, 0.25) is 0 Å². The first-order chi connectivity index (χ1) is 9.10. The Labute approximate surface area is 114 Å². The maximum absolute atomic E-state index is 12.5. The van der Waals surface area contributed by atoms with E-state index in [0.29, 0.717) is 26.1 Å². The second-order valence-electron chi connectivity index (χ2n) is 4.22. The van der Waals surface area contributed by atoms with Crippen molar-refractivity contribution in [3.8, 4) is 0 Å². The minimum Gasteiger partial charge on any atom is -0.388 e. The molecule has 0 aliphatic rings. The predicted octanol–water partition coefficient (Wildman–Crippen LogP) is 2.28. The summed E-state index contributed by atoms with van der Waals surface area (Å²) in [4.78, 5) is 15.9. The first-order valence-corrected chi connectivity index (χ1v) is 6.54. The van der Waals surface area contributed by atoms with Crippen LogP contribution in [0.1, 0.15) is 20.3 Å². The lowest BCUT2D eigenvalue weighted by molar-refractivity contribution is 0.210. The van der Waals surface area contributed by atoms with E-state index in [4.69, 9.17) is 11.1 Å². The van der Waals surface area contributed by atoms with Gasteiger partial charge in [-0.3, -0.25) is 10.3 Å². The van der Waals surface area contributed by atoms with Crippen LogP contribution in [0.3, 0.4) is 0 Å². The number of hydrogen-bond donors (Lipinski definition) is 2. The van der Waals surface area contributed by atoms with E-state index in [1.54, 1.807) is 9.80 Å². The highest BCUT2D eigenvalue weighted by Gasteiger charge is 2.20. The molecule has 0 heterocycles. The molecule has 0 aromatic heterocycles. The minimum absolute atomic E-state index is 0.0440. The highest BCUT2D eigenvalue weighted by atomic mass is 16.2. The third kappa shape index (κ3) is 4.28. The summed E-state index contributed by atoms with van der Waals surface area (Å²) in [5.74, 6) is 0.0910. The van der Waals surface area contributed by atoms with Gasteiger partial charge in [-0.2, -0.15) is 0 Å². The maximum atomic E-state index is 12.5. The van der Waals surface area contributed by atoms with Crippen molar-refractivity contribution in [3.05, 3.63) is 30.3 Å². The van der Waals surface area contributed by atoms with Crippen LogP contribution in [0, 0.1) is 5.41 Å². The van der Waals surface area contributed by atoms with Crippen LogP contribution in [-0.2, 0) is 0 Å². The number of anilines is 1. The van der Waals surface area contributed by atoms with E-state index in [-0.39, 0.29) is 11.9 Å². The molecule has 19 heavy (non-hydrogen) atoms. The summed E-state index contributed by atoms with van der Waals surface area (Å²) in [5.41, 5.74) is 6.23. The second-order valence-corrected chi connectivity index (χ2v) is 4.22. The van der Waals surface area contributed by atoms with Crippen molar-refractivity contribution in [1.82, 2.24) is 4.90 Å². The Morgan fingerprint density at radius 2 is 1.79 bits per heavy atom. The Bertz CT molecular complexity index is 415. The molecule has 0 aliphatic heterocycles. The molecule has 5 heteroatoms. The van der Waals surface area contributed by atoms with Crippen molar-refractivity contribution >= 4 is 17.6 Å². The number of nitrogens with one attached hydrogen (secondary N) is 1. The van der Waals surface area contributed by atoms with Gasteiger partial charge in [-0.15, -0.1) is 0 Å². The van der Waals surface area contributed by atoms with Crippen molar-refractivity contribution in [2.75, 3.05) is 24.5 Å². The van der Waals surface area contributed by atoms with Gasteiger partial charge in [0.15, 0.2) is 0 Å². The summed E-state index contributed by atoms with van der Waals surface area (Å²) < 4.78 is 0. The summed E-state index contributed by atoms with van der Waals surface area (Å²) in [6.07, 6.45) is 0.377. The van der Waals surface area contributed by atoms with E-state index in [9.17, 15) is 4.79 Å². The number of amidine groups is 1. The molecule has 5 nitrogen and oxygen atoms in total. The summed E-state index contributed by atoms with van der Waals surface area (Å²) in [7, 11) is 0. The van der Waals surface area contributed by atoms with Crippen molar-refractivity contribution in [2.45, 2.75) is 20.3 Å². The van der Waals surface area contributed by atoms with Crippen molar-refractivity contribution in [2.24, 2.45) is 5.73 Å². The standard InChI is InChI=1S/C14H22N4O/c1-3-17(4-2)14(19)18(11-10-13(15)16)12-8-6-5-7-9-12/h5-9H,3-4,10-11H2,1-2H3,(H3,15,16). The molecule has 0 atom stereocenters. The third-order valence-corrected chi connectivity index (χ3v) is 2.94. The van der Waals surface area contributed by atoms with Crippen LogP contribution in [0.15, 0.2) is 30.3 Å². The molecule has 1 aromatic rings. The van der Waals surface area contributed by atoms with Gasteiger partial charge >= 0.3 is 6.03 Å². The maximum Gasteiger partial charge on any atom is 0.324 e. The molecule has 0 saturated heterocycles. The quantitative estimate of drug-likeness (QED) is 0.609. The molecule has 0 aliphatic carbocycles. The first-order valence-electron chi connectivity index (χ1n) is 6.54. The Balaban J connectivity index is 2.92. The number of nitrogens with two attached hydrogens (primary N) is 1. The fourth-order valence-corrected chi connectivity index (χ4v) is 1.84. The SMILES string of the molecule is CCN(CC)C(=O)N(CCC(=N)N)c1ccccc1. The largest absolute Gasteiger partial charge is 0.388 e. The fraction of sp³-hybridized carbons (Fsp3) is 0.429. The van der Waals surface area contributed by atoms with Gasteiger partial charge < -0.3 is 10.6 Å². The van der Waals surface area contributed by atoms with E-state index in [1.165, 1.54) is 0 Å². The normalized spacial score (nSPS) is 10.0. The monoisotopic (exact) mass is 262 g/mol. The lowest BCUT2D eigenvalue weighted by Gasteiger charge is -2.29. The van der Waals surface area contributed by atoms with Crippen LogP contribution in [0.5, 0.6) is 0 Å². The van der Waals surface area contributed by atoms with Crippen LogP contribution in [-0.4, -0.2) is 36.4 Å². The van der Waals surface area contributed by atoms with Gasteiger partial charge in [0.25, 0.3) is 0 Å². The van der Waals surface area contributed by atoms with Gasteiger partial charge in [-0.25, -0.2) is 4.79 Å². The molecule has 1 aromatic carbocycles. The molecule has 0 radical (unpaired) electrons. The van der Waals surface area contributed by atoms with E-state index in [0.717, 1.165) is 5.69 Å². The van der Waals surface area contributed by atoms with Crippen molar-refractivity contribution in [1.29, 1.82) is 5.41 Å². The molecule has 0 saturated carbocycles. The summed E-state index contributed by atoms with van der Waals surface area (Å²) in [6.45, 7) is 5.66. The van der Waals surface area contributed by atoms with Crippen molar-refractivity contribution < 1.29 is 4.79 Å². The fourth-order valence-electron chi connectivity index (χ4n) is 1.84. The van der Waals surface area contributed by atoms with Crippen LogP contribution < -0.4 is 10.6 Å². The number of carbonyl (C=O) groups is 1. The third-order valence-electron chi connectivity index (χ3n) is 2.94. The minimum atomic E-state index is -0.0440. The summed E-state index contributed by atoms with van der Waals surface area (Å²) in [5, 5.41) is 7.31. The van der Waals surface area contributed by atoms with Gasteiger partial charge in [0, 0.05) is 31.7 Å². The zero-order valence-corrected chi connectivity index (χ0v) is 11.6. The Morgan fingerprint density at radius 1 is 1.21 bits per heavy atom. The number of nitrogens with zero attached hydrogens (tertiary/aromatic N) is 2. The number of rotatable bonds is 6. The molecule has 0 spiro atoms. The topological polar surface area (TPSA) is 73.4 Å². The molecule has 2 amide bonds. The lowest BCUT2D eigenvalue weighted by atomic mass is 10.2. The average Bonchev–Trinajstić information content (AvgIpc) is 2.41. The van der Waals surface area contributed by atoms with Crippen molar-refractivity contribution in [3.63, 3.8) is 0 Å². The van der Waals surface area contributed by atoms with Gasteiger partial charge in [-0.1, -0.05) is 18.2 Å². The molecule has 1 rings (SSSR count). The van der Waals surface area contributed by atoms with Crippen LogP contribution in [0.4, 0.5) is 10.5 Å². The van der Waals surface area contributed by atoms with E-state index >= 15 is 0 Å². The molecule has 0 fully saturated rings. The van der Waals surface area contributed by atoms with E-state index in [2.05, 4.69) is 0 Å².